The number of rotatable bonds is 2. The van der Waals surface area contributed by atoms with E-state index in [0.29, 0.717) is 6.42 Å². The normalized spacial score (nSPS) is 19.6. The van der Waals surface area contributed by atoms with Crippen molar-refractivity contribution >= 4 is 17.7 Å². The van der Waals surface area contributed by atoms with Crippen LogP contribution in [0.25, 0.3) is 0 Å². The van der Waals surface area contributed by atoms with Gasteiger partial charge < -0.3 is 4.90 Å². The minimum atomic E-state index is -0.641. The van der Waals surface area contributed by atoms with E-state index in [1.165, 1.54) is 23.5 Å². The molecule has 1 N–H and O–H groups in total. The molecule has 0 aliphatic carbocycles. The number of piperazine rings is 1. The van der Waals surface area contributed by atoms with Crippen LogP contribution in [0.15, 0.2) is 18.6 Å². The van der Waals surface area contributed by atoms with E-state index in [1.807, 2.05) is 0 Å². The molecule has 0 bridgehead atoms. The lowest BCUT2D eigenvalue weighted by molar-refractivity contribution is -0.138. The van der Waals surface area contributed by atoms with Crippen LogP contribution >= 0.6 is 0 Å². The zero-order valence-corrected chi connectivity index (χ0v) is 9.79. The van der Waals surface area contributed by atoms with E-state index in [2.05, 4.69) is 15.3 Å². The molecule has 3 amide bonds. The average molecular weight is 248 g/mol. The Hall–Kier alpha value is -2.31. The fourth-order valence-electron chi connectivity index (χ4n) is 1.84. The lowest BCUT2D eigenvalue weighted by atomic mass is 10.1. The fourth-order valence-corrected chi connectivity index (χ4v) is 1.84. The minimum absolute atomic E-state index is 0.124. The average Bonchev–Trinajstić information content (AvgIpc) is 2.38. The molecule has 1 aromatic heterocycles. The maximum atomic E-state index is 12.2. The number of carbonyl (C=O) groups is 3. The molecule has 1 aliphatic heterocycles. The topological polar surface area (TPSA) is 92.3 Å². The van der Waals surface area contributed by atoms with Gasteiger partial charge in [0.25, 0.3) is 5.91 Å². The lowest BCUT2D eigenvalue weighted by Gasteiger charge is -2.32. The highest BCUT2D eigenvalue weighted by Gasteiger charge is 2.36. The molecule has 0 spiro atoms. The molecule has 18 heavy (non-hydrogen) atoms. The first kappa shape index (κ1) is 12.2. The Balaban J connectivity index is 2.27. The second kappa shape index (κ2) is 4.91. The van der Waals surface area contributed by atoms with Gasteiger partial charge in [0.05, 0.1) is 6.20 Å². The molecule has 7 nitrogen and oxygen atoms in total. The van der Waals surface area contributed by atoms with Gasteiger partial charge in [0.15, 0.2) is 0 Å². The summed E-state index contributed by atoms with van der Waals surface area (Å²) in [6, 6.07) is -0.641. The summed E-state index contributed by atoms with van der Waals surface area (Å²) < 4.78 is 0. The largest absolute Gasteiger partial charge is 0.316 e. The van der Waals surface area contributed by atoms with Crippen molar-refractivity contribution in [2.24, 2.45) is 0 Å². The first-order valence-corrected chi connectivity index (χ1v) is 5.54. The van der Waals surface area contributed by atoms with Crippen molar-refractivity contribution in [3.8, 4) is 0 Å². The molecule has 0 saturated carbocycles. The van der Waals surface area contributed by atoms with Crippen LogP contribution in [0.3, 0.4) is 0 Å². The molecule has 2 rings (SSSR count). The molecule has 7 heteroatoms. The van der Waals surface area contributed by atoms with Gasteiger partial charge in [-0.2, -0.15) is 0 Å². The smallest absolute Gasteiger partial charge is 0.275 e. The summed E-state index contributed by atoms with van der Waals surface area (Å²) in [5, 5.41) is 2.21. The summed E-state index contributed by atoms with van der Waals surface area (Å²) in [5.41, 5.74) is 0.124. The Morgan fingerprint density at radius 2 is 2.28 bits per heavy atom. The van der Waals surface area contributed by atoms with E-state index in [1.54, 1.807) is 6.92 Å². The Bertz CT molecular complexity index is 488. The SMILES string of the molecule is CCC1C(=O)NC(=O)CN1C(=O)c1cnccn1. The van der Waals surface area contributed by atoms with Gasteiger partial charge in [0.1, 0.15) is 18.3 Å². The second-order valence-corrected chi connectivity index (χ2v) is 3.86. The van der Waals surface area contributed by atoms with Gasteiger partial charge in [-0.3, -0.25) is 24.7 Å². The second-order valence-electron chi connectivity index (χ2n) is 3.86. The predicted octanol–water partition coefficient (Wildman–Crippen LogP) is -0.646. The van der Waals surface area contributed by atoms with E-state index < -0.39 is 23.8 Å². The summed E-state index contributed by atoms with van der Waals surface area (Å²) in [7, 11) is 0. The Kier molecular flexibility index (Phi) is 3.31. The van der Waals surface area contributed by atoms with Crippen LogP contribution in [-0.4, -0.2) is 45.2 Å². The highest BCUT2D eigenvalue weighted by atomic mass is 16.2. The molecular formula is C11H12N4O3. The number of hydrogen-bond acceptors (Lipinski definition) is 5. The van der Waals surface area contributed by atoms with Gasteiger partial charge >= 0.3 is 0 Å². The van der Waals surface area contributed by atoms with Crippen molar-refractivity contribution in [2.45, 2.75) is 19.4 Å². The Morgan fingerprint density at radius 1 is 1.50 bits per heavy atom. The maximum Gasteiger partial charge on any atom is 0.275 e. The highest BCUT2D eigenvalue weighted by Crippen LogP contribution is 2.12. The van der Waals surface area contributed by atoms with Crippen LogP contribution in [-0.2, 0) is 9.59 Å². The number of nitrogens with zero attached hydrogens (tertiary/aromatic N) is 3. The zero-order chi connectivity index (χ0) is 13.1. The number of amides is 3. The summed E-state index contributed by atoms with van der Waals surface area (Å²) in [5.74, 6) is -1.40. The van der Waals surface area contributed by atoms with Crippen molar-refractivity contribution in [3.63, 3.8) is 0 Å². The number of nitrogens with one attached hydrogen (secondary N) is 1. The third-order valence-electron chi connectivity index (χ3n) is 2.69. The van der Waals surface area contributed by atoms with Gasteiger partial charge in [-0.25, -0.2) is 4.98 Å². The Labute approximate surface area is 103 Å². The first-order valence-electron chi connectivity index (χ1n) is 5.54. The van der Waals surface area contributed by atoms with Crippen LogP contribution < -0.4 is 5.32 Å². The molecule has 1 unspecified atom stereocenters. The van der Waals surface area contributed by atoms with E-state index in [0.717, 1.165) is 0 Å². The maximum absolute atomic E-state index is 12.2. The minimum Gasteiger partial charge on any atom is -0.316 e. The van der Waals surface area contributed by atoms with Gasteiger partial charge in [0.2, 0.25) is 11.8 Å². The first-order chi connectivity index (χ1) is 8.63. The molecule has 2 heterocycles. The van der Waals surface area contributed by atoms with Gasteiger partial charge in [-0.05, 0) is 6.42 Å². The van der Waals surface area contributed by atoms with Gasteiger partial charge in [-0.15, -0.1) is 0 Å². The molecule has 1 saturated heterocycles. The number of carbonyl (C=O) groups excluding carboxylic acids is 3. The van der Waals surface area contributed by atoms with Crippen LogP contribution in [0.1, 0.15) is 23.8 Å². The molecule has 1 aromatic rings. The summed E-state index contributed by atoms with van der Waals surface area (Å²) in [4.78, 5) is 44.0. The van der Waals surface area contributed by atoms with Crippen molar-refractivity contribution < 1.29 is 14.4 Å². The fraction of sp³-hybridized carbons (Fsp3) is 0.364. The molecule has 1 aliphatic rings. The summed E-state index contributed by atoms with van der Waals surface area (Å²) in [6.45, 7) is 1.64. The van der Waals surface area contributed by atoms with Gasteiger partial charge in [0, 0.05) is 12.4 Å². The predicted molar refractivity (Wildman–Crippen MR) is 60.3 cm³/mol. The van der Waals surface area contributed by atoms with Crippen molar-refractivity contribution in [1.82, 2.24) is 20.2 Å². The summed E-state index contributed by atoms with van der Waals surface area (Å²) >= 11 is 0. The third kappa shape index (κ3) is 2.20. The van der Waals surface area contributed by atoms with E-state index >= 15 is 0 Å². The van der Waals surface area contributed by atoms with E-state index in [9.17, 15) is 14.4 Å². The highest BCUT2D eigenvalue weighted by molar-refractivity contribution is 6.06. The molecular weight excluding hydrogens is 236 g/mol. The van der Waals surface area contributed by atoms with Crippen LogP contribution in [0.5, 0.6) is 0 Å². The summed E-state index contributed by atoms with van der Waals surface area (Å²) in [6.07, 6.45) is 4.58. The number of aromatic nitrogens is 2. The van der Waals surface area contributed by atoms with Crippen molar-refractivity contribution in [1.29, 1.82) is 0 Å². The Morgan fingerprint density at radius 3 is 2.89 bits per heavy atom. The van der Waals surface area contributed by atoms with Crippen LogP contribution in [0, 0.1) is 0 Å². The van der Waals surface area contributed by atoms with Crippen molar-refractivity contribution in [3.05, 3.63) is 24.3 Å². The van der Waals surface area contributed by atoms with E-state index in [4.69, 9.17) is 0 Å². The zero-order valence-electron chi connectivity index (χ0n) is 9.79. The quantitative estimate of drug-likeness (QED) is 0.702. The van der Waals surface area contributed by atoms with Crippen LogP contribution in [0.2, 0.25) is 0 Å². The molecule has 0 aromatic carbocycles. The number of hydrogen-bond donors (Lipinski definition) is 1. The monoisotopic (exact) mass is 248 g/mol. The third-order valence-corrected chi connectivity index (χ3v) is 2.69. The number of imide groups is 1. The van der Waals surface area contributed by atoms with Crippen molar-refractivity contribution in [2.75, 3.05) is 6.54 Å². The molecule has 1 fully saturated rings. The molecule has 0 radical (unpaired) electrons. The van der Waals surface area contributed by atoms with Gasteiger partial charge in [-0.1, -0.05) is 6.92 Å². The molecule has 1 atom stereocenters. The molecule has 94 valence electrons. The lowest BCUT2D eigenvalue weighted by Crippen LogP contribution is -2.59. The standard InChI is InChI=1S/C11H12N4O3/c1-2-8-10(17)14-9(16)6-15(8)11(18)7-5-12-3-4-13-7/h3-5,8H,2,6H2,1H3,(H,14,16,17). The van der Waals surface area contributed by atoms with Crippen LogP contribution in [0.4, 0.5) is 0 Å². The van der Waals surface area contributed by atoms with E-state index in [-0.39, 0.29) is 12.2 Å².